The number of likely N-dealkylation sites (tertiary alicyclic amines) is 1. The summed E-state index contributed by atoms with van der Waals surface area (Å²) in [5.74, 6) is -1.58. The number of thiazole rings is 1. The Morgan fingerprint density at radius 1 is 1.22 bits per heavy atom. The zero-order valence-electron chi connectivity index (χ0n) is 17.0. The molecule has 2 aromatic rings. The summed E-state index contributed by atoms with van der Waals surface area (Å²) in [6.07, 6.45) is 4.63. The Kier molecular flexibility index (Phi) is 4.59. The van der Waals surface area contributed by atoms with E-state index in [1.165, 1.54) is 16.2 Å². The van der Waals surface area contributed by atoms with E-state index in [-0.39, 0.29) is 76.8 Å². The number of rotatable bonds is 5. The lowest BCUT2D eigenvalue weighted by Crippen LogP contribution is -2.42. The molecular weight excluding hydrogens is 450 g/mol. The minimum atomic E-state index is -0.925. The van der Waals surface area contributed by atoms with E-state index in [4.69, 9.17) is 5.11 Å². The monoisotopic (exact) mass is 471 g/mol. The van der Waals surface area contributed by atoms with Crippen LogP contribution in [0, 0.1) is 29.6 Å². The van der Waals surface area contributed by atoms with E-state index in [0.717, 1.165) is 21.9 Å². The summed E-state index contributed by atoms with van der Waals surface area (Å²) in [5.41, 5.74) is 1.04. The van der Waals surface area contributed by atoms with Crippen molar-refractivity contribution in [1.29, 1.82) is 0 Å². The van der Waals surface area contributed by atoms with E-state index in [1.807, 2.05) is 18.3 Å². The molecule has 4 aliphatic rings. The van der Waals surface area contributed by atoms with Crippen molar-refractivity contribution in [3.05, 3.63) is 44.6 Å². The van der Waals surface area contributed by atoms with Crippen LogP contribution in [0.25, 0.3) is 0 Å². The number of H-pyrrole nitrogens is 1. The van der Waals surface area contributed by atoms with Crippen LogP contribution in [0.15, 0.2) is 34.3 Å². The van der Waals surface area contributed by atoms with Crippen LogP contribution in [0.2, 0.25) is 0 Å². The minimum absolute atomic E-state index is 0.0196. The predicted molar refractivity (Wildman–Crippen MR) is 116 cm³/mol. The molecule has 166 valence electrons. The average molecular weight is 472 g/mol. The normalized spacial score (nSPS) is 34.5. The predicted octanol–water partition coefficient (Wildman–Crippen LogP) is 2.17. The van der Waals surface area contributed by atoms with Gasteiger partial charge in [-0.2, -0.15) is 0 Å². The maximum absolute atomic E-state index is 13.3. The first-order valence-corrected chi connectivity index (χ1v) is 12.5. The van der Waals surface area contributed by atoms with Crippen molar-refractivity contribution < 1.29 is 19.5 Å². The van der Waals surface area contributed by atoms with Crippen LogP contribution in [0.3, 0.4) is 0 Å². The second kappa shape index (κ2) is 7.28. The third kappa shape index (κ3) is 2.78. The summed E-state index contributed by atoms with van der Waals surface area (Å²) in [6.45, 7) is 0.172. The first-order valence-electron chi connectivity index (χ1n) is 10.8. The highest BCUT2D eigenvalue weighted by molar-refractivity contribution is 8.00. The molecule has 32 heavy (non-hydrogen) atoms. The number of fused-ring (bicyclic) bond motifs is 9. The molecule has 4 heterocycles. The van der Waals surface area contributed by atoms with Crippen LogP contribution in [0.4, 0.5) is 0 Å². The topological polar surface area (TPSA) is 120 Å². The molecule has 0 aromatic carbocycles. The van der Waals surface area contributed by atoms with Gasteiger partial charge in [0.05, 0.1) is 16.9 Å². The van der Waals surface area contributed by atoms with E-state index in [9.17, 15) is 19.2 Å². The van der Waals surface area contributed by atoms with Crippen LogP contribution in [-0.4, -0.2) is 49.6 Å². The highest BCUT2D eigenvalue weighted by Crippen LogP contribution is 2.68. The Morgan fingerprint density at radius 3 is 2.72 bits per heavy atom. The number of imide groups is 1. The van der Waals surface area contributed by atoms with Crippen molar-refractivity contribution in [1.82, 2.24) is 14.9 Å². The number of carboxylic acid groups (broad SMARTS) is 1. The van der Waals surface area contributed by atoms with Crippen molar-refractivity contribution in [2.24, 2.45) is 29.6 Å². The SMILES string of the molecule is O=C(O)CCCN1C(=O)[C@@H]2[C@H]3C[C@@H]([C@@H]2C1=O)[C@@H]1[C@@H](c2cccnc2)c2sc(=O)[nH]c2S[C@H]31. The number of thioether (sulfide) groups is 1. The Hall–Kier alpha value is -2.46. The highest BCUT2D eigenvalue weighted by Gasteiger charge is 2.69. The van der Waals surface area contributed by atoms with Gasteiger partial charge in [0.25, 0.3) is 0 Å². The van der Waals surface area contributed by atoms with Gasteiger partial charge in [-0.05, 0) is 42.2 Å². The highest BCUT2D eigenvalue weighted by atomic mass is 32.2. The first kappa shape index (κ1) is 20.2. The number of hydrogen-bond acceptors (Lipinski definition) is 7. The van der Waals surface area contributed by atoms with Crippen LogP contribution in [-0.2, 0) is 14.4 Å². The standard InChI is InChI=1S/C22H21N3O5S2/c26-12(27)4-2-6-25-20(28)15-10-7-11(16(15)21(25)29)17-14(10)13(9-3-1-5-23-8-9)18-19(31-17)24-22(30)32-18/h1,3,5,8,10-11,13-17H,2,4,6-7H2,(H,24,30)(H,26,27)/t10-,11-,13-,14-,15+,16-,17-/m1/s1. The number of aromatic nitrogens is 2. The molecule has 2 saturated carbocycles. The molecule has 8 nitrogen and oxygen atoms in total. The van der Waals surface area contributed by atoms with Crippen LogP contribution >= 0.6 is 23.1 Å². The fourth-order valence-corrected chi connectivity index (χ4v) is 9.51. The zero-order chi connectivity index (χ0) is 22.1. The molecule has 6 rings (SSSR count). The van der Waals surface area contributed by atoms with Crippen molar-refractivity contribution in [3.8, 4) is 0 Å². The summed E-state index contributed by atoms with van der Waals surface area (Å²) in [7, 11) is 0. The van der Waals surface area contributed by atoms with E-state index in [2.05, 4.69) is 9.97 Å². The smallest absolute Gasteiger partial charge is 0.305 e. The molecule has 10 heteroatoms. The second-order valence-electron chi connectivity index (χ2n) is 9.07. The summed E-state index contributed by atoms with van der Waals surface area (Å²) in [5, 5.41) is 9.95. The second-order valence-corrected chi connectivity index (χ2v) is 11.3. The van der Waals surface area contributed by atoms with Crippen molar-refractivity contribution in [2.45, 2.75) is 35.5 Å². The zero-order valence-corrected chi connectivity index (χ0v) is 18.6. The summed E-state index contributed by atoms with van der Waals surface area (Å²) in [6, 6.07) is 3.92. The molecule has 3 fully saturated rings. The summed E-state index contributed by atoms with van der Waals surface area (Å²) < 4.78 is 0. The maximum Gasteiger partial charge on any atom is 0.305 e. The van der Waals surface area contributed by atoms with Gasteiger partial charge in [0.2, 0.25) is 11.8 Å². The molecule has 0 spiro atoms. The molecule has 2 amide bonds. The van der Waals surface area contributed by atoms with Gasteiger partial charge in [0.1, 0.15) is 0 Å². The number of aliphatic carboxylic acids is 1. The van der Waals surface area contributed by atoms with Gasteiger partial charge in [-0.25, -0.2) is 0 Å². The third-order valence-electron chi connectivity index (χ3n) is 7.63. The van der Waals surface area contributed by atoms with Crippen LogP contribution in [0.5, 0.6) is 0 Å². The number of carboxylic acids is 1. The quantitative estimate of drug-likeness (QED) is 0.641. The van der Waals surface area contributed by atoms with Gasteiger partial charge in [0, 0.05) is 41.4 Å². The molecule has 2 N–H and O–H groups in total. The number of hydrogen-bond donors (Lipinski definition) is 2. The van der Waals surface area contributed by atoms with Crippen molar-refractivity contribution >= 4 is 40.9 Å². The fourth-order valence-electron chi connectivity index (χ4n) is 6.62. The number of carbonyl (C=O) groups is 3. The van der Waals surface area contributed by atoms with Crippen LogP contribution in [0.1, 0.15) is 35.6 Å². The number of nitrogens with zero attached hydrogens (tertiary/aromatic N) is 2. The summed E-state index contributed by atoms with van der Waals surface area (Å²) >= 11 is 2.89. The molecule has 2 aliphatic heterocycles. The molecule has 1 saturated heterocycles. The van der Waals surface area contributed by atoms with E-state index in [0.29, 0.717) is 0 Å². The number of aromatic amines is 1. The number of pyridine rings is 1. The van der Waals surface area contributed by atoms with Crippen LogP contribution < -0.4 is 4.87 Å². The molecule has 2 aliphatic carbocycles. The van der Waals surface area contributed by atoms with Crippen molar-refractivity contribution in [3.63, 3.8) is 0 Å². The lowest BCUT2D eigenvalue weighted by molar-refractivity contribution is -0.142. The molecule has 0 unspecified atom stereocenters. The molecule has 2 bridgehead atoms. The van der Waals surface area contributed by atoms with E-state index < -0.39 is 5.97 Å². The molecule has 7 atom stereocenters. The van der Waals surface area contributed by atoms with Gasteiger partial charge in [0.15, 0.2) is 0 Å². The first-order chi connectivity index (χ1) is 15.5. The molecular formula is C22H21N3O5S2. The Balaban J connectivity index is 1.37. The number of nitrogens with one attached hydrogen (secondary N) is 1. The fraction of sp³-hybridized carbons (Fsp3) is 0.500. The maximum atomic E-state index is 13.3. The van der Waals surface area contributed by atoms with Crippen molar-refractivity contribution in [2.75, 3.05) is 6.54 Å². The Morgan fingerprint density at radius 2 is 2.00 bits per heavy atom. The average Bonchev–Trinajstić information content (AvgIpc) is 3.49. The van der Waals surface area contributed by atoms with Gasteiger partial charge in [-0.1, -0.05) is 17.4 Å². The lowest BCUT2D eigenvalue weighted by atomic mass is 9.68. The Labute approximate surface area is 191 Å². The van der Waals surface area contributed by atoms with Gasteiger partial charge < -0.3 is 10.1 Å². The number of carbonyl (C=O) groups excluding carboxylic acids is 2. The number of amides is 2. The van der Waals surface area contributed by atoms with E-state index >= 15 is 0 Å². The summed E-state index contributed by atoms with van der Waals surface area (Å²) in [4.78, 5) is 59.1. The van der Waals surface area contributed by atoms with E-state index in [1.54, 1.807) is 18.0 Å². The van der Waals surface area contributed by atoms with Gasteiger partial charge >= 0.3 is 10.8 Å². The Bertz CT molecular complexity index is 1180. The van der Waals surface area contributed by atoms with Gasteiger partial charge in [-0.15, -0.1) is 11.8 Å². The minimum Gasteiger partial charge on any atom is -0.481 e. The van der Waals surface area contributed by atoms with Gasteiger partial charge in [-0.3, -0.25) is 29.1 Å². The molecule has 0 radical (unpaired) electrons. The largest absolute Gasteiger partial charge is 0.481 e. The lowest BCUT2D eigenvalue weighted by Gasteiger charge is -2.42. The molecule has 2 aromatic heterocycles. The third-order valence-corrected chi connectivity index (χ3v) is 10.2.